The molecule has 1 aromatic heterocycles. The van der Waals surface area contributed by atoms with Crippen molar-refractivity contribution in [3.8, 4) is 11.1 Å². The second-order valence-electron chi connectivity index (χ2n) is 6.43. The first-order chi connectivity index (χ1) is 13.1. The molecule has 0 aliphatic carbocycles. The van der Waals surface area contributed by atoms with E-state index in [9.17, 15) is 8.78 Å². The molecular formula is C21H22ClF2N3. The van der Waals surface area contributed by atoms with Crippen molar-refractivity contribution in [3.63, 3.8) is 0 Å². The zero-order valence-electron chi connectivity index (χ0n) is 15.5. The number of aromatic nitrogens is 2. The standard InChI is InChI=1S/C21H22ClF2N3/c1-3-5-6-11-27(4-2)21-19-15(14-7-9-17(23)16(22)12-14)8-10-18(24)20(19)25-13-26-21/h7-10,12-13H,3-6,11H2,1-2H3. The van der Waals surface area contributed by atoms with E-state index < -0.39 is 11.6 Å². The minimum atomic E-state index is -0.488. The molecule has 0 N–H and O–H groups in total. The molecular weight excluding hydrogens is 368 g/mol. The fourth-order valence-electron chi connectivity index (χ4n) is 3.23. The van der Waals surface area contributed by atoms with Crippen LogP contribution in [0.25, 0.3) is 22.0 Å². The molecule has 0 unspecified atom stereocenters. The fourth-order valence-corrected chi connectivity index (χ4v) is 3.42. The van der Waals surface area contributed by atoms with E-state index in [4.69, 9.17) is 11.6 Å². The molecule has 0 radical (unpaired) electrons. The summed E-state index contributed by atoms with van der Waals surface area (Å²) in [6, 6.07) is 7.55. The van der Waals surface area contributed by atoms with Gasteiger partial charge in [0.2, 0.25) is 0 Å². The smallest absolute Gasteiger partial charge is 0.149 e. The van der Waals surface area contributed by atoms with E-state index in [-0.39, 0.29) is 10.5 Å². The highest BCUT2D eigenvalue weighted by Gasteiger charge is 2.18. The van der Waals surface area contributed by atoms with Crippen LogP contribution in [0.4, 0.5) is 14.6 Å². The monoisotopic (exact) mass is 389 g/mol. The lowest BCUT2D eigenvalue weighted by Crippen LogP contribution is -2.25. The molecule has 0 saturated heterocycles. The highest BCUT2D eigenvalue weighted by atomic mass is 35.5. The van der Waals surface area contributed by atoms with Gasteiger partial charge < -0.3 is 4.90 Å². The number of hydrogen-bond donors (Lipinski definition) is 0. The third-order valence-corrected chi connectivity index (χ3v) is 4.95. The summed E-state index contributed by atoms with van der Waals surface area (Å²) in [7, 11) is 0. The zero-order chi connectivity index (χ0) is 19.4. The molecule has 6 heteroatoms. The third-order valence-electron chi connectivity index (χ3n) is 4.66. The lowest BCUT2D eigenvalue weighted by molar-refractivity contribution is 0.628. The van der Waals surface area contributed by atoms with Crippen LogP contribution in [0.2, 0.25) is 5.02 Å². The highest BCUT2D eigenvalue weighted by molar-refractivity contribution is 6.31. The molecule has 0 bridgehead atoms. The Labute approximate surface area is 163 Å². The quantitative estimate of drug-likeness (QED) is 0.447. The number of fused-ring (bicyclic) bond motifs is 1. The van der Waals surface area contributed by atoms with Gasteiger partial charge in [-0.25, -0.2) is 18.7 Å². The molecule has 0 fully saturated rings. The normalized spacial score (nSPS) is 11.1. The number of unbranched alkanes of at least 4 members (excludes halogenated alkanes) is 2. The summed E-state index contributed by atoms with van der Waals surface area (Å²) in [5.74, 6) is -0.207. The second kappa shape index (κ2) is 8.61. The molecule has 142 valence electrons. The maximum atomic E-state index is 14.5. The largest absolute Gasteiger partial charge is 0.356 e. The van der Waals surface area contributed by atoms with Crippen LogP contribution in [0, 0.1) is 11.6 Å². The Morgan fingerprint density at radius 3 is 2.48 bits per heavy atom. The molecule has 3 nitrogen and oxygen atoms in total. The summed E-state index contributed by atoms with van der Waals surface area (Å²) < 4.78 is 28.1. The van der Waals surface area contributed by atoms with E-state index in [2.05, 4.69) is 21.8 Å². The third kappa shape index (κ3) is 4.03. The summed E-state index contributed by atoms with van der Waals surface area (Å²) in [4.78, 5) is 10.8. The molecule has 1 heterocycles. The Balaban J connectivity index is 2.19. The Kier molecular flexibility index (Phi) is 6.22. The number of halogens is 3. The van der Waals surface area contributed by atoms with Crippen molar-refractivity contribution in [2.45, 2.75) is 33.1 Å². The van der Waals surface area contributed by atoms with Crippen LogP contribution < -0.4 is 4.90 Å². The van der Waals surface area contributed by atoms with E-state index >= 15 is 0 Å². The summed E-state index contributed by atoms with van der Waals surface area (Å²) in [6.07, 6.45) is 4.66. The molecule has 3 rings (SSSR count). The van der Waals surface area contributed by atoms with Crippen molar-refractivity contribution >= 4 is 28.3 Å². The topological polar surface area (TPSA) is 29.0 Å². The molecule has 0 amide bonds. The number of benzene rings is 2. The fraction of sp³-hybridized carbons (Fsp3) is 0.333. The van der Waals surface area contributed by atoms with Crippen LogP contribution in [-0.2, 0) is 0 Å². The van der Waals surface area contributed by atoms with Crippen molar-refractivity contribution in [2.24, 2.45) is 0 Å². The minimum Gasteiger partial charge on any atom is -0.356 e. The average Bonchev–Trinajstić information content (AvgIpc) is 2.68. The number of anilines is 1. The van der Waals surface area contributed by atoms with Gasteiger partial charge in [-0.15, -0.1) is 0 Å². The van der Waals surface area contributed by atoms with Crippen LogP contribution >= 0.6 is 11.6 Å². The molecule has 0 saturated carbocycles. The first-order valence-electron chi connectivity index (χ1n) is 9.20. The molecule has 0 spiro atoms. The van der Waals surface area contributed by atoms with Gasteiger partial charge in [0.05, 0.1) is 10.4 Å². The van der Waals surface area contributed by atoms with Gasteiger partial charge in [-0.05, 0) is 42.7 Å². The van der Waals surface area contributed by atoms with E-state index in [0.29, 0.717) is 16.8 Å². The van der Waals surface area contributed by atoms with Gasteiger partial charge in [-0.1, -0.05) is 43.5 Å². The van der Waals surface area contributed by atoms with Crippen molar-refractivity contribution in [2.75, 3.05) is 18.0 Å². The van der Waals surface area contributed by atoms with E-state index in [1.807, 2.05) is 6.92 Å². The Morgan fingerprint density at radius 2 is 1.78 bits per heavy atom. The number of rotatable bonds is 7. The maximum absolute atomic E-state index is 14.5. The van der Waals surface area contributed by atoms with Gasteiger partial charge in [0.1, 0.15) is 29.3 Å². The van der Waals surface area contributed by atoms with Gasteiger partial charge >= 0.3 is 0 Å². The lowest BCUT2D eigenvalue weighted by atomic mass is 10.00. The van der Waals surface area contributed by atoms with Crippen LogP contribution in [0.3, 0.4) is 0 Å². The molecule has 0 aliphatic heterocycles. The summed E-state index contributed by atoms with van der Waals surface area (Å²) in [5, 5.41) is 0.650. The Bertz CT molecular complexity index is 946. The minimum absolute atomic E-state index is 0.0265. The highest BCUT2D eigenvalue weighted by Crippen LogP contribution is 2.36. The second-order valence-corrected chi connectivity index (χ2v) is 6.84. The summed E-state index contributed by atoms with van der Waals surface area (Å²) in [6.45, 7) is 5.78. The van der Waals surface area contributed by atoms with Crippen LogP contribution in [0.5, 0.6) is 0 Å². The van der Waals surface area contributed by atoms with E-state index in [0.717, 1.165) is 37.9 Å². The Hall–Kier alpha value is -2.27. The molecule has 2 aromatic carbocycles. The van der Waals surface area contributed by atoms with Gasteiger partial charge in [-0.2, -0.15) is 0 Å². The van der Waals surface area contributed by atoms with Crippen molar-refractivity contribution in [1.29, 1.82) is 0 Å². The van der Waals surface area contributed by atoms with Crippen LogP contribution in [0.1, 0.15) is 33.1 Å². The number of nitrogens with zero attached hydrogens (tertiary/aromatic N) is 3. The van der Waals surface area contributed by atoms with Gasteiger partial charge in [0.15, 0.2) is 0 Å². The predicted molar refractivity (Wildman–Crippen MR) is 107 cm³/mol. The Morgan fingerprint density at radius 1 is 1.00 bits per heavy atom. The van der Waals surface area contributed by atoms with Gasteiger partial charge in [-0.3, -0.25) is 0 Å². The van der Waals surface area contributed by atoms with Crippen molar-refractivity contribution in [3.05, 3.63) is 53.3 Å². The van der Waals surface area contributed by atoms with Crippen molar-refractivity contribution < 1.29 is 8.78 Å². The van der Waals surface area contributed by atoms with E-state index in [1.165, 1.54) is 18.5 Å². The molecule has 27 heavy (non-hydrogen) atoms. The number of hydrogen-bond acceptors (Lipinski definition) is 3. The first-order valence-corrected chi connectivity index (χ1v) is 9.58. The zero-order valence-corrected chi connectivity index (χ0v) is 16.2. The summed E-state index contributed by atoms with van der Waals surface area (Å²) >= 11 is 5.97. The molecule has 3 aromatic rings. The predicted octanol–water partition coefficient (Wildman–Crippen LogP) is 6.24. The van der Waals surface area contributed by atoms with Crippen molar-refractivity contribution in [1.82, 2.24) is 9.97 Å². The molecule has 0 aliphatic rings. The SMILES string of the molecule is CCCCCN(CC)c1ncnc2c(F)ccc(-c3ccc(F)c(Cl)c3)c12. The van der Waals surface area contributed by atoms with Crippen LogP contribution in [-0.4, -0.2) is 23.1 Å². The molecule has 0 atom stereocenters. The van der Waals surface area contributed by atoms with E-state index in [1.54, 1.807) is 18.2 Å². The van der Waals surface area contributed by atoms with Crippen LogP contribution in [0.15, 0.2) is 36.7 Å². The van der Waals surface area contributed by atoms with Gasteiger partial charge in [0.25, 0.3) is 0 Å². The average molecular weight is 390 g/mol. The maximum Gasteiger partial charge on any atom is 0.149 e. The van der Waals surface area contributed by atoms with Gasteiger partial charge in [0, 0.05) is 13.1 Å². The first kappa shape index (κ1) is 19.5. The lowest BCUT2D eigenvalue weighted by Gasteiger charge is -2.24. The summed E-state index contributed by atoms with van der Waals surface area (Å²) in [5.41, 5.74) is 1.69.